The predicted octanol–water partition coefficient (Wildman–Crippen LogP) is 3.31. The first-order valence-electron chi connectivity index (χ1n) is 7.32. The molecule has 0 bridgehead atoms. The molecule has 2 aromatic rings. The molecule has 21 heavy (non-hydrogen) atoms. The van der Waals surface area contributed by atoms with Crippen molar-refractivity contribution in [2.24, 2.45) is 5.73 Å². The van der Waals surface area contributed by atoms with Crippen LogP contribution in [0.15, 0.2) is 34.9 Å². The zero-order valence-corrected chi connectivity index (χ0v) is 12.9. The molecule has 4 nitrogen and oxygen atoms in total. The van der Waals surface area contributed by atoms with Gasteiger partial charge in [-0.15, -0.1) is 0 Å². The number of oxazole rings is 1. The Morgan fingerprint density at radius 3 is 3.10 bits per heavy atom. The van der Waals surface area contributed by atoms with Crippen molar-refractivity contribution in [2.45, 2.75) is 38.4 Å². The van der Waals surface area contributed by atoms with Crippen LogP contribution in [0.4, 0.5) is 0 Å². The van der Waals surface area contributed by atoms with Crippen molar-refractivity contribution in [2.75, 3.05) is 6.54 Å². The lowest BCUT2D eigenvalue weighted by Gasteiger charge is -2.35. The quantitative estimate of drug-likeness (QED) is 0.945. The van der Waals surface area contributed by atoms with Crippen LogP contribution in [0.25, 0.3) is 11.3 Å². The normalized spacial score (nSPS) is 23.4. The first kappa shape index (κ1) is 14.6. The second kappa shape index (κ2) is 6.18. The summed E-state index contributed by atoms with van der Waals surface area (Å²) in [5, 5.41) is 0.698. The Bertz CT molecular complexity index is 613. The van der Waals surface area contributed by atoms with Gasteiger partial charge in [0.15, 0.2) is 5.76 Å². The zero-order valence-electron chi connectivity index (χ0n) is 12.1. The van der Waals surface area contributed by atoms with Gasteiger partial charge in [0, 0.05) is 29.2 Å². The van der Waals surface area contributed by atoms with E-state index in [9.17, 15) is 0 Å². The van der Waals surface area contributed by atoms with Gasteiger partial charge in [0.1, 0.15) is 0 Å². The Labute approximate surface area is 129 Å². The number of nitrogens with zero attached hydrogens (tertiary/aromatic N) is 2. The van der Waals surface area contributed by atoms with Gasteiger partial charge in [-0.05, 0) is 31.9 Å². The van der Waals surface area contributed by atoms with Gasteiger partial charge in [-0.3, -0.25) is 4.90 Å². The van der Waals surface area contributed by atoms with Crippen molar-refractivity contribution in [1.82, 2.24) is 9.88 Å². The molecule has 2 N–H and O–H groups in total. The summed E-state index contributed by atoms with van der Waals surface area (Å²) in [6.45, 7) is 3.94. The Morgan fingerprint density at radius 2 is 2.33 bits per heavy atom. The minimum Gasteiger partial charge on any atom is -0.439 e. The van der Waals surface area contributed by atoms with Crippen LogP contribution < -0.4 is 5.73 Å². The monoisotopic (exact) mass is 305 g/mol. The largest absolute Gasteiger partial charge is 0.439 e. The molecule has 1 aromatic heterocycles. The molecule has 2 unspecified atom stereocenters. The van der Waals surface area contributed by atoms with E-state index in [1.165, 1.54) is 0 Å². The van der Waals surface area contributed by atoms with Gasteiger partial charge in [0.2, 0.25) is 5.89 Å². The van der Waals surface area contributed by atoms with E-state index in [1.807, 2.05) is 24.3 Å². The maximum Gasteiger partial charge on any atom is 0.209 e. The van der Waals surface area contributed by atoms with Crippen molar-refractivity contribution in [3.63, 3.8) is 0 Å². The minimum atomic E-state index is 0.322. The number of piperidine rings is 1. The third-order valence-corrected chi connectivity index (χ3v) is 4.29. The van der Waals surface area contributed by atoms with E-state index < -0.39 is 0 Å². The molecule has 1 aromatic carbocycles. The van der Waals surface area contributed by atoms with Crippen molar-refractivity contribution >= 4 is 11.6 Å². The molecular formula is C16H20ClN3O. The molecule has 1 fully saturated rings. The van der Waals surface area contributed by atoms with Crippen LogP contribution in [0.3, 0.4) is 0 Å². The summed E-state index contributed by atoms with van der Waals surface area (Å²) in [5.41, 5.74) is 6.95. The SMILES string of the molecule is CC1CC(N)CCN1Cc1ncc(-c2cccc(Cl)c2)o1. The number of rotatable bonds is 3. The Kier molecular flexibility index (Phi) is 4.29. The van der Waals surface area contributed by atoms with E-state index in [-0.39, 0.29) is 0 Å². The van der Waals surface area contributed by atoms with Crippen LogP contribution in [0.5, 0.6) is 0 Å². The van der Waals surface area contributed by atoms with Crippen LogP contribution in [0, 0.1) is 0 Å². The zero-order chi connectivity index (χ0) is 14.8. The van der Waals surface area contributed by atoms with Gasteiger partial charge in [-0.1, -0.05) is 23.7 Å². The third-order valence-electron chi connectivity index (χ3n) is 4.06. The highest BCUT2D eigenvalue weighted by Gasteiger charge is 2.24. The molecule has 0 radical (unpaired) electrons. The van der Waals surface area contributed by atoms with Crippen LogP contribution in [-0.4, -0.2) is 28.5 Å². The molecule has 0 amide bonds. The molecule has 2 heterocycles. The molecule has 1 saturated heterocycles. The summed E-state index contributed by atoms with van der Waals surface area (Å²) in [4.78, 5) is 6.76. The van der Waals surface area contributed by atoms with Gasteiger partial charge < -0.3 is 10.2 Å². The van der Waals surface area contributed by atoms with E-state index in [0.717, 1.165) is 43.1 Å². The summed E-state index contributed by atoms with van der Waals surface area (Å²) >= 11 is 6.01. The lowest BCUT2D eigenvalue weighted by molar-refractivity contribution is 0.128. The highest BCUT2D eigenvalue weighted by Crippen LogP contribution is 2.25. The van der Waals surface area contributed by atoms with Crippen molar-refractivity contribution < 1.29 is 4.42 Å². The van der Waals surface area contributed by atoms with Gasteiger partial charge in [0.25, 0.3) is 0 Å². The molecule has 112 valence electrons. The summed E-state index contributed by atoms with van der Waals surface area (Å²) in [5.74, 6) is 1.50. The van der Waals surface area contributed by atoms with E-state index >= 15 is 0 Å². The van der Waals surface area contributed by atoms with Crippen LogP contribution in [0.1, 0.15) is 25.7 Å². The van der Waals surface area contributed by atoms with E-state index in [1.54, 1.807) is 6.20 Å². The van der Waals surface area contributed by atoms with E-state index in [4.69, 9.17) is 21.8 Å². The Morgan fingerprint density at radius 1 is 1.48 bits per heavy atom. The smallest absolute Gasteiger partial charge is 0.209 e. The minimum absolute atomic E-state index is 0.322. The average Bonchev–Trinajstić information content (AvgIpc) is 2.91. The number of likely N-dealkylation sites (tertiary alicyclic amines) is 1. The second-order valence-corrected chi connectivity index (χ2v) is 6.17. The number of hydrogen-bond donors (Lipinski definition) is 1. The summed E-state index contributed by atoms with van der Waals surface area (Å²) in [6.07, 6.45) is 3.83. The molecular weight excluding hydrogens is 286 g/mol. The molecule has 2 atom stereocenters. The van der Waals surface area contributed by atoms with Crippen LogP contribution in [0.2, 0.25) is 5.02 Å². The van der Waals surface area contributed by atoms with E-state index in [2.05, 4.69) is 16.8 Å². The Hall–Kier alpha value is -1.36. The first-order chi connectivity index (χ1) is 10.1. The standard InChI is InChI=1S/C16H20ClN3O/c1-11-7-14(18)5-6-20(11)10-16-19-9-15(21-16)12-3-2-4-13(17)8-12/h2-4,8-9,11,14H,5-7,10,18H2,1H3. The fraction of sp³-hybridized carbons (Fsp3) is 0.438. The maximum atomic E-state index is 6.01. The summed E-state index contributed by atoms with van der Waals surface area (Å²) in [7, 11) is 0. The molecule has 3 rings (SSSR count). The number of benzene rings is 1. The maximum absolute atomic E-state index is 6.01. The van der Waals surface area contributed by atoms with Gasteiger partial charge in [-0.25, -0.2) is 4.98 Å². The van der Waals surface area contributed by atoms with Crippen LogP contribution in [-0.2, 0) is 6.54 Å². The van der Waals surface area contributed by atoms with Crippen molar-refractivity contribution in [3.05, 3.63) is 41.4 Å². The number of nitrogens with two attached hydrogens (primary N) is 1. The molecule has 5 heteroatoms. The molecule has 0 spiro atoms. The fourth-order valence-electron chi connectivity index (χ4n) is 2.82. The van der Waals surface area contributed by atoms with E-state index in [0.29, 0.717) is 17.1 Å². The lowest BCUT2D eigenvalue weighted by Crippen LogP contribution is -2.45. The summed E-state index contributed by atoms with van der Waals surface area (Å²) in [6, 6.07) is 8.40. The number of halogens is 1. The Balaban J connectivity index is 1.71. The summed E-state index contributed by atoms with van der Waals surface area (Å²) < 4.78 is 5.86. The van der Waals surface area contributed by atoms with Gasteiger partial charge in [-0.2, -0.15) is 0 Å². The highest BCUT2D eigenvalue weighted by atomic mass is 35.5. The number of hydrogen-bond acceptors (Lipinski definition) is 4. The third kappa shape index (κ3) is 3.46. The van der Waals surface area contributed by atoms with Crippen molar-refractivity contribution in [1.29, 1.82) is 0 Å². The first-order valence-corrected chi connectivity index (χ1v) is 7.70. The average molecular weight is 306 g/mol. The topological polar surface area (TPSA) is 55.3 Å². The highest BCUT2D eigenvalue weighted by molar-refractivity contribution is 6.30. The predicted molar refractivity (Wildman–Crippen MR) is 84.0 cm³/mol. The molecule has 0 aliphatic carbocycles. The van der Waals surface area contributed by atoms with Crippen LogP contribution >= 0.6 is 11.6 Å². The second-order valence-electron chi connectivity index (χ2n) is 5.73. The van der Waals surface area contributed by atoms with Crippen molar-refractivity contribution in [3.8, 4) is 11.3 Å². The molecule has 1 aliphatic heterocycles. The van der Waals surface area contributed by atoms with Gasteiger partial charge in [0.05, 0.1) is 12.7 Å². The lowest BCUT2D eigenvalue weighted by atomic mass is 9.99. The van der Waals surface area contributed by atoms with Gasteiger partial charge >= 0.3 is 0 Å². The molecule has 1 aliphatic rings. The fourth-order valence-corrected chi connectivity index (χ4v) is 3.01. The number of aromatic nitrogens is 1. The molecule has 0 saturated carbocycles.